The molecule has 0 saturated heterocycles. The Morgan fingerprint density at radius 1 is 1.18 bits per heavy atom. The molecule has 0 radical (unpaired) electrons. The van der Waals surface area contributed by atoms with Crippen LogP contribution in [-0.2, 0) is 6.42 Å². The van der Waals surface area contributed by atoms with E-state index in [4.69, 9.17) is 5.73 Å². The summed E-state index contributed by atoms with van der Waals surface area (Å²) in [5.74, 6) is 0.350. The predicted octanol–water partition coefficient (Wildman–Crippen LogP) is 1.88. The Hall–Kier alpha value is -2.47. The smallest absolute Gasteiger partial charge is 0.165 e. The number of aliphatic hydroxyl groups excluding tert-OH is 1. The van der Waals surface area contributed by atoms with Crippen molar-refractivity contribution < 1.29 is 5.11 Å². The van der Waals surface area contributed by atoms with Crippen molar-refractivity contribution in [3.8, 4) is 0 Å². The first-order valence-electron chi connectivity index (χ1n) is 7.23. The van der Waals surface area contributed by atoms with Crippen molar-refractivity contribution in [2.24, 2.45) is 0 Å². The summed E-state index contributed by atoms with van der Waals surface area (Å²) in [6.45, 7) is 3.83. The van der Waals surface area contributed by atoms with Gasteiger partial charge in [0.2, 0.25) is 0 Å². The Morgan fingerprint density at radius 2 is 1.91 bits per heavy atom. The standard InChI is InChI=1S/C16H19N5O/c1-10-3-5-12(6-4-10)7-13(11(2)22)21-9-20-14-15(17)18-8-19-16(14)21/h3-6,8-9,11,13,22H,7H2,1-2H3,(H2,17,18,19)/t11-,13+/m0/s1. The number of aryl methyl sites for hydroxylation is 1. The molecule has 114 valence electrons. The summed E-state index contributed by atoms with van der Waals surface area (Å²) >= 11 is 0. The molecule has 22 heavy (non-hydrogen) atoms. The van der Waals surface area contributed by atoms with Crippen LogP contribution in [0.15, 0.2) is 36.9 Å². The minimum atomic E-state index is -0.546. The Bertz CT molecular complexity index is 779. The molecule has 0 saturated carbocycles. The van der Waals surface area contributed by atoms with Gasteiger partial charge in [-0.2, -0.15) is 0 Å². The second-order valence-electron chi connectivity index (χ2n) is 5.58. The van der Waals surface area contributed by atoms with E-state index in [0.29, 0.717) is 23.4 Å². The third-order valence-electron chi connectivity index (χ3n) is 3.87. The number of aromatic nitrogens is 4. The van der Waals surface area contributed by atoms with Crippen molar-refractivity contribution in [1.29, 1.82) is 0 Å². The van der Waals surface area contributed by atoms with Crippen LogP contribution in [0, 0.1) is 6.92 Å². The highest BCUT2D eigenvalue weighted by Gasteiger charge is 2.21. The summed E-state index contributed by atoms with van der Waals surface area (Å²) in [5.41, 5.74) is 9.40. The number of nitrogens with zero attached hydrogens (tertiary/aromatic N) is 4. The molecule has 0 amide bonds. The molecule has 0 unspecified atom stereocenters. The van der Waals surface area contributed by atoms with Gasteiger partial charge in [0, 0.05) is 0 Å². The van der Waals surface area contributed by atoms with E-state index in [-0.39, 0.29) is 6.04 Å². The fourth-order valence-corrected chi connectivity index (χ4v) is 2.58. The summed E-state index contributed by atoms with van der Waals surface area (Å²) in [7, 11) is 0. The number of rotatable bonds is 4. The zero-order valence-electron chi connectivity index (χ0n) is 12.6. The summed E-state index contributed by atoms with van der Waals surface area (Å²) < 4.78 is 1.87. The van der Waals surface area contributed by atoms with Gasteiger partial charge in [-0.15, -0.1) is 0 Å². The summed E-state index contributed by atoms with van der Waals surface area (Å²) in [6, 6.07) is 8.13. The zero-order valence-corrected chi connectivity index (χ0v) is 12.6. The lowest BCUT2D eigenvalue weighted by atomic mass is 10.0. The second-order valence-corrected chi connectivity index (χ2v) is 5.58. The maximum absolute atomic E-state index is 10.2. The number of anilines is 1. The second kappa shape index (κ2) is 5.73. The molecule has 2 atom stereocenters. The molecule has 0 aliphatic carbocycles. The van der Waals surface area contributed by atoms with E-state index in [1.807, 2.05) is 4.57 Å². The Morgan fingerprint density at radius 3 is 2.59 bits per heavy atom. The van der Waals surface area contributed by atoms with Gasteiger partial charge in [0.25, 0.3) is 0 Å². The topological polar surface area (TPSA) is 89.8 Å². The van der Waals surface area contributed by atoms with Crippen LogP contribution in [0.3, 0.4) is 0 Å². The van der Waals surface area contributed by atoms with E-state index in [2.05, 4.69) is 46.1 Å². The van der Waals surface area contributed by atoms with Gasteiger partial charge in [-0.3, -0.25) is 0 Å². The Kier molecular flexibility index (Phi) is 3.77. The van der Waals surface area contributed by atoms with Crippen molar-refractivity contribution in [3.63, 3.8) is 0 Å². The van der Waals surface area contributed by atoms with Gasteiger partial charge < -0.3 is 15.4 Å². The molecule has 6 nitrogen and oxygen atoms in total. The van der Waals surface area contributed by atoms with Crippen molar-refractivity contribution in [2.75, 3.05) is 5.73 Å². The lowest BCUT2D eigenvalue weighted by Gasteiger charge is -2.22. The third kappa shape index (κ3) is 2.65. The SMILES string of the molecule is Cc1ccc(C[C@H]([C@H](C)O)n2cnc3c(N)ncnc32)cc1. The molecular weight excluding hydrogens is 278 g/mol. The summed E-state index contributed by atoms with van der Waals surface area (Å²) in [4.78, 5) is 12.5. The van der Waals surface area contributed by atoms with Gasteiger partial charge in [-0.25, -0.2) is 15.0 Å². The van der Waals surface area contributed by atoms with Crippen molar-refractivity contribution in [1.82, 2.24) is 19.5 Å². The lowest BCUT2D eigenvalue weighted by Crippen LogP contribution is -2.23. The van der Waals surface area contributed by atoms with E-state index in [1.54, 1.807) is 13.3 Å². The van der Waals surface area contributed by atoms with Crippen LogP contribution in [0.4, 0.5) is 5.82 Å². The molecule has 1 aromatic carbocycles. The van der Waals surface area contributed by atoms with Crippen LogP contribution in [0.25, 0.3) is 11.2 Å². The Balaban J connectivity index is 1.99. The fraction of sp³-hybridized carbons (Fsp3) is 0.312. The number of hydrogen-bond donors (Lipinski definition) is 2. The molecule has 0 fully saturated rings. The summed E-state index contributed by atoms with van der Waals surface area (Å²) in [6.07, 6.45) is 3.23. The van der Waals surface area contributed by atoms with Crippen LogP contribution in [0.5, 0.6) is 0 Å². The van der Waals surface area contributed by atoms with Gasteiger partial charge in [0.15, 0.2) is 11.5 Å². The number of hydrogen-bond acceptors (Lipinski definition) is 5. The average molecular weight is 297 g/mol. The van der Waals surface area contributed by atoms with Gasteiger partial charge in [-0.1, -0.05) is 29.8 Å². The van der Waals surface area contributed by atoms with Gasteiger partial charge in [0.05, 0.1) is 18.5 Å². The number of fused-ring (bicyclic) bond motifs is 1. The maximum Gasteiger partial charge on any atom is 0.165 e. The maximum atomic E-state index is 10.2. The third-order valence-corrected chi connectivity index (χ3v) is 3.87. The van der Waals surface area contributed by atoms with Gasteiger partial charge >= 0.3 is 0 Å². The molecule has 2 heterocycles. The zero-order chi connectivity index (χ0) is 15.7. The number of nitrogen functional groups attached to an aromatic ring is 1. The van der Waals surface area contributed by atoms with Crippen molar-refractivity contribution in [3.05, 3.63) is 48.0 Å². The predicted molar refractivity (Wildman–Crippen MR) is 85.3 cm³/mol. The highest BCUT2D eigenvalue weighted by molar-refractivity contribution is 5.81. The van der Waals surface area contributed by atoms with Crippen molar-refractivity contribution >= 4 is 17.0 Å². The molecular formula is C16H19N5O. The lowest BCUT2D eigenvalue weighted by molar-refractivity contribution is 0.131. The molecule has 2 aromatic heterocycles. The Labute approximate surface area is 128 Å². The summed E-state index contributed by atoms with van der Waals surface area (Å²) in [5, 5.41) is 10.2. The monoisotopic (exact) mass is 297 g/mol. The number of aliphatic hydroxyl groups is 1. The molecule has 0 spiro atoms. The van der Waals surface area contributed by atoms with Gasteiger partial charge in [0.1, 0.15) is 11.8 Å². The van der Waals surface area contributed by atoms with E-state index in [1.165, 1.54) is 11.9 Å². The fourth-order valence-electron chi connectivity index (χ4n) is 2.58. The largest absolute Gasteiger partial charge is 0.391 e. The molecule has 3 N–H and O–H groups in total. The highest BCUT2D eigenvalue weighted by atomic mass is 16.3. The molecule has 6 heteroatoms. The minimum Gasteiger partial charge on any atom is -0.391 e. The molecule has 0 aliphatic rings. The van der Waals surface area contributed by atoms with Gasteiger partial charge in [-0.05, 0) is 25.8 Å². The number of imidazole rings is 1. The van der Waals surface area contributed by atoms with E-state index in [0.717, 1.165) is 5.56 Å². The van der Waals surface area contributed by atoms with Crippen LogP contribution in [0.2, 0.25) is 0 Å². The quantitative estimate of drug-likeness (QED) is 0.767. The van der Waals surface area contributed by atoms with E-state index >= 15 is 0 Å². The number of benzene rings is 1. The van der Waals surface area contributed by atoms with Crippen LogP contribution >= 0.6 is 0 Å². The van der Waals surface area contributed by atoms with E-state index in [9.17, 15) is 5.11 Å². The van der Waals surface area contributed by atoms with Crippen molar-refractivity contribution in [2.45, 2.75) is 32.4 Å². The highest BCUT2D eigenvalue weighted by Crippen LogP contribution is 2.24. The normalized spacial score (nSPS) is 14.1. The molecule has 0 bridgehead atoms. The first kappa shape index (κ1) is 14.5. The molecule has 3 aromatic rings. The van der Waals surface area contributed by atoms with Crippen LogP contribution in [-0.4, -0.2) is 30.7 Å². The molecule has 0 aliphatic heterocycles. The van der Waals surface area contributed by atoms with Crippen LogP contribution in [0.1, 0.15) is 24.1 Å². The average Bonchev–Trinajstić information content (AvgIpc) is 2.91. The van der Waals surface area contributed by atoms with Crippen LogP contribution < -0.4 is 5.73 Å². The minimum absolute atomic E-state index is 0.165. The number of nitrogens with two attached hydrogens (primary N) is 1. The first-order chi connectivity index (χ1) is 10.6. The first-order valence-corrected chi connectivity index (χ1v) is 7.23. The van der Waals surface area contributed by atoms with E-state index < -0.39 is 6.10 Å². The molecule has 3 rings (SSSR count).